The number of hydrogen-bond donors (Lipinski definition) is 3. The number of nitrogens with one attached hydrogen (secondary N) is 2. The van der Waals surface area contributed by atoms with Gasteiger partial charge in [0.15, 0.2) is 0 Å². The molecule has 0 radical (unpaired) electrons. The van der Waals surface area contributed by atoms with Crippen molar-refractivity contribution in [3.05, 3.63) is 69.6 Å². The highest BCUT2D eigenvalue weighted by atomic mass is 32.1. The van der Waals surface area contributed by atoms with Crippen molar-refractivity contribution < 1.29 is 4.79 Å². The number of nitrogens with zero attached hydrogens (tertiary/aromatic N) is 4. The monoisotopic (exact) mass is 475 g/mol. The van der Waals surface area contributed by atoms with Crippen molar-refractivity contribution in [2.75, 3.05) is 12.4 Å². The van der Waals surface area contributed by atoms with E-state index in [1.165, 1.54) is 23.1 Å². The van der Waals surface area contributed by atoms with E-state index >= 15 is 0 Å². The minimum atomic E-state index is -0.0687. The molecular formula is C25H29N7OS. The summed E-state index contributed by atoms with van der Waals surface area (Å²) in [4.78, 5) is 30.8. The number of fused-ring (bicyclic) bond motifs is 1. The third kappa shape index (κ3) is 5.14. The van der Waals surface area contributed by atoms with Gasteiger partial charge in [-0.05, 0) is 36.1 Å². The van der Waals surface area contributed by atoms with E-state index in [1.807, 2.05) is 12.1 Å². The highest BCUT2D eigenvalue weighted by Crippen LogP contribution is 2.35. The Morgan fingerprint density at radius 2 is 2.09 bits per heavy atom. The first-order chi connectivity index (χ1) is 16.3. The fourth-order valence-corrected chi connectivity index (χ4v) is 4.72. The first kappa shape index (κ1) is 23.6. The van der Waals surface area contributed by atoms with Crippen LogP contribution in [-0.2, 0) is 11.8 Å². The maximum Gasteiger partial charge on any atom is 0.263 e. The number of carbonyl (C=O) groups excluding carboxylic acids is 1. The SMILES string of the molecule is CN=CC(=CN)Nc1nccc(-c2ccc3c(c2)CCC3NC(=O)c2cnc(C(C)(C)C)s2)n1. The number of anilines is 1. The second-order valence-electron chi connectivity index (χ2n) is 9.16. The van der Waals surface area contributed by atoms with E-state index in [4.69, 9.17) is 5.73 Å². The third-order valence-electron chi connectivity index (χ3n) is 5.55. The Labute approximate surface area is 203 Å². The fraction of sp³-hybridized carbons (Fsp3) is 0.320. The highest BCUT2D eigenvalue weighted by Gasteiger charge is 2.26. The van der Waals surface area contributed by atoms with Crippen molar-refractivity contribution >= 4 is 29.4 Å². The lowest BCUT2D eigenvalue weighted by atomic mass is 9.98. The van der Waals surface area contributed by atoms with Gasteiger partial charge in [-0.2, -0.15) is 0 Å². The normalized spacial score (nSPS) is 16.0. The predicted octanol–water partition coefficient (Wildman–Crippen LogP) is 4.23. The fourth-order valence-electron chi connectivity index (χ4n) is 3.85. The molecule has 1 unspecified atom stereocenters. The van der Waals surface area contributed by atoms with Crippen LogP contribution in [0.1, 0.15) is 59.0 Å². The number of amides is 1. The number of aromatic nitrogens is 3. The first-order valence-corrected chi connectivity index (χ1v) is 11.9. The maximum atomic E-state index is 12.8. The van der Waals surface area contributed by atoms with Crippen LogP contribution in [0, 0.1) is 0 Å². The zero-order chi connectivity index (χ0) is 24.3. The Bertz CT molecular complexity index is 1260. The Kier molecular flexibility index (Phi) is 6.74. The molecule has 1 amide bonds. The number of carbonyl (C=O) groups is 1. The average Bonchev–Trinajstić information content (AvgIpc) is 3.46. The summed E-state index contributed by atoms with van der Waals surface area (Å²) in [6.45, 7) is 6.30. The van der Waals surface area contributed by atoms with Gasteiger partial charge >= 0.3 is 0 Å². The topological polar surface area (TPSA) is 118 Å². The van der Waals surface area contributed by atoms with E-state index < -0.39 is 0 Å². The van der Waals surface area contributed by atoms with Gasteiger partial charge in [-0.3, -0.25) is 9.79 Å². The van der Waals surface area contributed by atoms with Gasteiger partial charge in [-0.25, -0.2) is 15.0 Å². The Morgan fingerprint density at radius 3 is 2.79 bits per heavy atom. The van der Waals surface area contributed by atoms with E-state index in [-0.39, 0.29) is 17.4 Å². The molecule has 0 saturated carbocycles. The minimum Gasteiger partial charge on any atom is -0.403 e. The summed E-state index contributed by atoms with van der Waals surface area (Å²) in [5.41, 5.74) is 10.3. The lowest BCUT2D eigenvalue weighted by Gasteiger charge is -2.15. The standard InChI is InChI=1S/C25H29N7OS/c1-25(2,3)23-29-14-21(34-23)22(33)31-20-8-6-15-11-16(5-7-18(15)20)19-9-10-28-24(32-19)30-17(12-26)13-27-4/h5,7,9-14,20H,6,8,26H2,1-4H3,(H,31,33)(H,28,30,32). The summed E-state index contributed by atoms with van der Waals surface area (Å²) in [5, 5.41) is 7.21. The summed E-state index contributed by atoms with van der Waals surface area (Å²) in [6.07, 6.45) is 8.18. The molecule has 2 aromatic heterocycles. The summed E-state index contributed by atoms with van der Waals surface area (Å²) < 4.78 is 0. The highest BCUT2D eigenvalue weighted by molar-refractivity contribution is 7.13. The largest absolute Gasteiger partial charge is 0.403 e. The number of benzene rings is 1. The summed E-state index contributed by atoms with van der Waals surface area (Å²) in [5.74, 6) is 0.375. The van der Waals surface area contributed by atoms with Gasteiger partial charge in [0.2, 0.25) is 5.95 Å². The van der Waals surface area contributed by atoms with Crippen LogP contribution in [0.5, 0.6) is 0 Å². The van der Waals surface area contributed by atoms with Gasteiger partial charge in [0, 0.05) is 36.6 Å². The Hall–Kier alpha value is -3.59. The molecule has 0 spiro atoms. The summed E-state index contributed by atoms with van der Waals surface area (Å²) in [6, 6.07) is 8.13. The zero-order valence-electron chi connectivity index (χ0n) is 19.8. The molecule has 1 aliphatic carbocycles. The van der Waals surface area contributed by atoms with Gasteiger partial charge in [0.1, 0.15) is 4.88 Å². The average molecular weight is 476 g/mol. The molecule has 0 aliphatic heterocycles. The second kappa shape index (κ2) is 9.72. The maximum absolute atomic E-state index is 12.8. The molecule has 3 aromatic rings. The van der Waals surface area contributed by atoms with Crippen LogP contribution in [-0.4, -0.2) is 34.1 Å². The number of rotatable bonds is 6. The molecule has 8 nitrogen and oxygen atoms in total. The summed E-state index contributed by atoms with van der Waals surface area (Å²) >= 11 is 1.46. The molecule has 0 bridgehead atoms. The van der Waals surface area contributed by atoms with E-state index in [2.05, 4.69) is 63.5 Å². The number of nitrogens with two attached hydrogens (primary N) is 1. The zero-order valence-corrected chi connectivity index (χ0v) is 20.6. The van der Waals surface area contributed by atoms with E-state index in [9.17, 15) is 4.79 Å². The van der Waals surface area contributed by atoms with Crippen molar-refractivity contribution in [1.29, 1.82) is 0 Å². The van der Waals surface area contributed by atoms with E-state index in [0.717, 1.165) is 34.7 Å². The van der Waals surface area contributed by atoms with Crippen LogP contribution < -0.4 is 16.4 Å². The van der Waals surface area contributed by atoms with E-state index in [1.54, 1.807) is 25.7 Å². The first-order valence-electron chi connectivity index (χ1n) is 11.1. The molecule has 34 heavy (non-hydrogen) atoms. The number of hydrogen-bond acceptors (Lipinski definition) is 8. The predicted molar refractivity (Wildman–Crippen MR) is 137 cm³/mol. The molecule has 0 fully saturated rings. The molecule has 1 aliphatic rings. The van der Waals surface area contributed by atoms with Gasteiger partial charge in [-0.1, -0.05) is 32.9 Å². The second-order valence-corrected chi connectivity index (χ2v) is 10.2. The molecule has 2 heterocycles. The lowest BCUT2D eigenvalue weighted by Crippen LogP contribution is -2.26. The number of aliphatic imine (C=N–C) groups is 1. The van der Waals surface area contributed by atoms with Crippen molar-refractivity contribution in [1.82, 2.24) is 20.3 Å². The van der Waals surface area contributed by atoms with Crippen LogP contribution in [0.4, 0.5) is 5.95 Å². The third-order valence-corrected chi connectivity index (χ3v) is 6.97. The van der Waals surface area contributed by atoms with Crippen LogP contribution in [0.25, 0.3) is 11.3 Å². The van der Waals surface area contributed by atoms with Crippen molar-refractivity contribution in [2.45, 2.75) is 45.1 Å². The molecule has 1 aromatic carbocycles. The Balaban J connectivity index is 1.49. The van der Waals surface area contributed by atoms with Crippen LogP contribution in [0.3, 0.4) is 0 Å². The van der Waals surface area contributed by atoms with E-state index in [0.29, 0.717) is 16.5 Å². The van der Waals surface area contributed by atoms with Crippen LogP contribution >= 0.6 is 11.3 Å². The van der Waals surface area contributed by atoms with Gasteiger partial charge in [-0.15, -0.1) is 11.3 Å². The van der Waals surface area contributed by atoms with Crippen molar-refractivity contribution in [3.8, 4) is 11.3 Å². The molecule has 9 heteroatoms. The minimum absolute atomic E-state index is 0.00931. The smallest absolute Gasteiger partial charge is 0.263 e. The van der Waals surface area contributed by atoms with Crippen LogP contribution in [0.15, 0.2) is 53.5 Å². The molecule has 4 N–H and O–H groups in total. The number of allylic oxidation sites excluding steroid dienone is 1. The molecule has 0 saturated heterocycles. The van der Waals surface area contributed by atoms with Crippen LogP contribution in [0.2, 0.25) is 0 Å². The van der Waals surface area contributed by atoms with Gasteiger partial charge in [0.25, 0.3) is 5.91 Å². The molecule has 176 valence electrons. The van der Waals surface area contributed by atoms with Crippen molar-refractivity contribution in [3.63, 3.8) is 0 Å². The summed E-state index contributed by atoms with van der Waals surface area (Å²) in [7, 11) is 1.67. The molecule has 4 rings (SSSR count). The van der Waals surface area contributed by atoms with Gasteiger partial charge < -0.3 is 16.4 Å². The molecule has 1 atom stereocenters. The van der Waals surface area contributed by atoms with Gasteiger partial charge in [0.05, 0.1) is 28.6 Å². The number of aryl methyl sites for hydroxylation is 1. The van der Waals surface area contributed by atoms with Crippen molar-refractivity contribution in [2.24, 2.45) is 10.7 Å². The number of thiazole rings is 1. The quantitative estimate of drug-likeness (QED) is 0.459. The molecular weight excluding hydrogens is 446 g/mol. The Morgan fingerprint density at radius 1 is 1.26 bits per heavy atom. The lowest BCUT2D eigenvalue weighted by molar-refractivity contribution is 0.0940.